The fourth-order valence-corrected chi connectivity index (χ4v) is 3.00. The summed E-state index contributed by atoms with van der Waals surface area (Å²) in [7, 11) is 1.71. The zero-order valence-electron chi connectivity index (χ0n) is 10.4. The fourth-order valence-electron chi connectivity index (χ4n) is 2.29. The van der Waals surface area contributed by atoms with E-state index in [1.54, 1.807) is 7.11 Å². The molecular formula is C14H19BrO2. The standard InChI is InChI=1S/C14H19BrO2/c1-10-8-11(5-6-14(10)16-2)13(15)9-12-4-3-7-17-12/h5-6,8,12-13H,3-4,7,9H2,1-2H3. The maximum atomic E-state index is 5.67. The van der Waals surface area contributed by atoms with Crippen LogP contribution in [0.25, 0.3) is 0 Å². The van der Waals surface area contributed by atoms with Crippen molar-refractivity contribution in [3.05, 3.63) is 29.3 Å². The molecule has 0 aromatic heterocycles. The highest BCUT2D eigenvalue weighted by atomic mass is 79.9. The molecule has 1 aromatic rings. The van der Waals surface area contributed by atoms with Crippen molar-refractivity contribution >= 4 is 15.9 Å². The van der Waals surface area contributed by atoms with Crippen LogP contribution in [0.5, 0.6) is 5.75 Å². The Balaban J connectivity index is 2.02. The van der Waals surface area contributed by atoms with Gasteiger partial charge in [0.15, 0.2) is 0 Å². The van der Waals surface area contributed by atoms with Crippen molar-refractivity contribution in [1.29, 1.82) is 0 Å². The number of ether oxygens (including phenoxy) is 2. The highest BCUT2D eigenvalue weighted by molar-refractivity contribution is 9.09. The fraction of sp³-hybridized carbons (Fsp3) is 0.571. The van der Waals surface area contributed by atoms with Crippen LogP contribution in [0.1, 0.15) is 35.2 Å². The second kappa shape index (κ2) is 5.87. The first-order valence-corrected chi connectivity index (χ1v) is 7.02. The van der Waals surface area contributed by atoms with Crippen LogP contribution in [0.15, 0.2) is 18.2 Å². The third kappa shape index (κ3) is 3.23. The topological polar surface area (TPSA) is 18.5 Å². The van der Waals surface area contributed by atoms with Crippen LogP contribution in [0.4, 0.5) is 0 Å². The molecule has 0 radical (unpaired) electrons. The quantitative estimate of drug-likeness (QED) is 0.782. The molecule has 1 aromatic carbocycles. The van der Waals surface area contributed by atoms with E-state index in [1.165, 1.54) is 24.0 Å². The van der Waals surface area contributed by atoms with Gasteiger partial charge in [0, 0.05) is 11.4 Å². The minimum Gasteiger partial charge on any atom is -0.496 e. The summed E-state index contributed by atoms with van der Waals surface area (Å²) in [6.45, 7) is 3.00. The molecule has 0 N–H and O–H groups in total. The molecule has 1 aliphatic heterocycles. The third-order valence-electron chi connectivity index (χ3n) is 3.27. The van der Waals surface area contributed by atoms with Gasteiger partial charge in [-0.05, 0) is 43.4 Å². The minimum absolute atomic E-state index is 0.371. The van der Waals surface area contributed by atoms with Gasteiger partial charge in [0.2, 0.25) is 0 Å². The van der Waals surface area contributed by atoms with Crippen molar-refractivity contribution in [2.24, 2.45) is 0 Å². The first-order chi connectivity index (χ1) is 8.20. The molecule has 2 unspecified atom stereocenters. The van der Waals surface area contributed by atoms with E-state index in [1.807, 2.05) is 6.07 Å². The second-order valence-electron chi connectivity index (χ2n) is 4.57. The maximum Gasteiger partial charge on any atom is 0.121 e. The number of aryl methyl sites for hydroxylation is 1. The zero-order chi connectivity index (χ0) is 12.3. The van der Waals surface area contributed by atoms with E-state index < -0.39 is 0 Å². The average Bonchev–Trinajstić information content (AvgIpc) is 2.81. The summed E-state index contributed by atoms with van der Waals surface area (Å²) in [5.41, 5.74) is 2.49. The normalized spacial score (nSPS) is 21.5. The van der Waals surface area contributed by atoms with E-state index in [9.17, 15) is 0 Å². The molecular weight excluding hydrogens is 280 g/mol. The molecule has 0 aliphatic carbocycles. The molecule has 1 fully saturated rings. The molecule has 0 bridgehead atoms. The summed E-state index contributed by atoms with van der Waals surface area (Å²) in [5, 5.41) is 0. The Labute approximate surface area is 111 Å². The Hall–Kier alpha value is -0.540. The van der Waals surface area contributed by atoms with E-state index in [0.717, 1.165) is 18.8 Å². The van der Waals surface area contributed by atoms with Crippen LogP contribution in [-0.4, -0.2) is 19.8 Å². The first kappa shape index (κ1) is 12.9. The lowest BCUT2D eigenvalue weighted by Crippen LogP contribution is -2.08. The first-order valence-electron chi connectivity index (χ1n) is 6.11. The SMILES string of the molecule is COc1ccc(C(Br)CC2CCCO2)cc1C. The van der Waals surface area contributed by atoms with Crippen molar-refractivity contribution in [2.75, 3.05) is 13.7 Å². The zero-order valence-corrected chi connectivity index (χ0v) is 12.0. The largest absolute Gasteiger partial charge is 0.496 e. The second-order valence-corrected chi connectivity index (χ2v) is 5.67. The molecule has 2 nitrogen and oxygen atoms in total. The minimum atomic E-state index is 0.371. The monoisotopic (exact) mass is 298 g/mol. The summed E-state index contributed by atoms with van der Waals surface area (Å²) in [4.78, 5) is 0.371. The van der Waals surface area contributed by atoms with Gasteiger partial charge in [-0.2, -0.15) is 0 Å². The summed E-state index contributed by atoms with van der Waals surface area (Å²) in [6, 6.07) is 6.35. The maximum absolute atomic E-state index is 5.67. The van der Waals surface area contributed by atoms with Gasteiger partial charge >= 0.3 is 0 Å². The smallest absolute Gasteiger partial charge is 0.121 e. The molecule has 0 spiro atoms. The van der Waals surface area contributed by atoms with Crippen molar-refractivity contribution in [1.82, 2.24) is 0 Å². The lowest BCUT2D eigenvalue weighted by atomic mass is 10.0. The number of hydrogen-bond donors (Lipinski definition) is 0. The lowest BCUT2D eigenvalue weighted by molar-refractivity contribution is 0.104. The Morgan fingerprint density at radius 3 is 2.94 bits per heavy atom. The third-order valence-corrected chi connectivity index (χ3v) is 4.18. The molecule has 1 heterocycles. The van der Waals surface area contributed by atoms with E-state index in [4.69, 9.17) is 9.47 Å². The van der Waals surface area contributed by atoms with Crippen molar-refractivity contribution in [3.8, 4) is 5.75 Å². The number of methoxy groups -OCH3 is 1. The molecule has 0 saturated carbocycles. The number of rotatable bonds is 4. The van der Waals surface area contributed by atoms with Crippen LogP contribution >= 0.6 is 15.9 Å². The predicted octanol–water partition coefficient (Wildman–Crippen LogP) is 4.01. The molecule has 0 amide bonds. The summed E-state index contributed by atoms with van der Waals surface area (Å²) < 4.78 is 10.9. The summed E-state index contributed by atoms with van der Waals surface area (Å²) in [6.07, 6.45) is 3.86. The van der Waals surface area contributed by atoms with Gasteiger partial charge in [-0.1, -0.05) is 28.1 Å². The lowest BCUT2D eigenvalue weighted by Gasteiger charge is -2.16. The molecule has 1 saturated heterocycles. The molecule has 1 aliphatic rings. The van der Waals surface area contributed by atoms with Crippen LogP contribution in [0, 0.1) is 6.92 Å². The summed E-state index contributed by atoms with van der Waals surface area (Å²) >= 11 is 3.76. The number of benzene rings is 1. The Bertz CT molecular complexity index is 372. The van der Waals surface area contributed by atoms with Gasteiger partial charge in [0.1, 0.15) is 5.75 Å². The van der Waals surface area contributed by atoms with E-state index in [0.29, 0.717) is 10.9 Å². The Kier molecular flexibility index (Phi) is 4.46. The van der Waals surface area contributed by atoms with Gasteiger partial charge in [-0.3, -0.25) is 0 Å². The number of halogens is 1. The van der Waals surface area contributed by atoms with Gasteiger partial charge in [0.05, 0.1) is 13.2 Å². The molecule has 2 atom stereocenters. The van der Waals surface area contributed by atoms with E-state index in [2.05, 4.69) is 35.0 Å². The number of alkyl halides is 1. The highest BCUT2D eigenvalue weighted by Crippen LogP contribution is 2.33. The van der Waals surface area contributed by atoms with Gasteiger partial charge in [-0.15, -0.1) is 0 Å². The number of hydrogen-bond acceptors (Lipinski definition) is 2. The molecule has 17 heavy (non-hydrogen) atoms. The molecule has 94 valence electrons. The predicted molar refractivity (Wildman–Crippen MR) is 73.0 cm³/mol. The van der Waals surface area contributed by atoms with Gasteiger partial charge in [-0.25, -0.2) is 0 Å². The van der Waals surface area contributed by atoms with E-state index >= 15 is 0 Å². The Morgan fingerprint density at radius 1 is 1.53 bits per heavy atom. The molecule has 2 rings (SSSR count). The summed E-state index contributed by atoms with van der Waals surface area (Å²) in [5.74, 6) is 0.950. The average molecular weight is 299 g/mol. The van der Waals surface area contributed by atoms with Crippen LogP contribution in [0.3, 0.4) is 0 Å². The van der Waals surface area contributed by atoms with Crippen LogP contribution in [0.2, 0.25) is 0 Å². The van der Waals surface area contributed by atoms with Crippen molar-refractivity contribution < 1.29 is 9.47 Å². The highest BCUT2D eigenvalue weighted by Gasteiger charge is 2.20. The van der Waals surface area contributed by atoms with Gasteiger partial charge in [0.25, 0.3) is 0 Å². The van der Waals surface area contributed by atoms with Crippen LogP contribution < -0.4 is 4.74 Å². The molecule has 3 heteroatoms. The van der Waals surface area contributed by atoms with Crippen LogP contribution in [-0.2, 0) is 4.74 Å². The van der Waals surface area contributed by atoms with Gasteiger partial charge < -0.3 is 9.47 Å². The Morgan fingerprint density at radius 2 is 2.35 bits per heavy atom. The van der Waals surface area contributed by atoms with E-state index in [-0.39, 0.29) is 0 Å². The van der Waals surface area contributed by atoms with Crippen molar-refractivity contribution in [3.63, 3.8) is 0 Å². The van der Waals surface area contributed by atoms with Crippen molar-refractivity contribution in [2.45, 2.75) is 37.1 Å².